The molecule has 0 bridgehead atoms. The molecular formula is C13H15ClN2O5. The lowest BCUT2D eigenvalue weighted by Crippen LogP contribution is -2.53. The van der Waals surface area contributed by atoms with E-state index in [1.807, 2.05) is 0 Å². The summed E-state index contributed by atoms with van der Waals surface area (Å²) in [7, 11) is 0. The second kappa shape index (κ2) is 6.53. The lowest BCUT2D eigenvalue weighted by Gasteiger charge is -2.28. The van der Waals surface area contributed by atoms with Crippen molar-refractivity contribution in [2.24, 2.45) is 0 Å². The van der Waals surface area contributed by atoms with E-state index in [1.54, 1.807) is 13.8 Å². The second-order valence-electron chi connectivity index (χ2n) is 4.47. The van der Waals surface area contributed by atoms with Gasteiger partial charge in [0.1, 0.15) is 10.6 Å². The third-order valence-electron chi connectivity index (χ3n) is 3.38. The van der Waals surface area contributed by atoms with Crippen molar-refractivity contribution in [3.8, 4) is 0 Å². The third-order valence-corrected chi connectivity index (χ3v) is 3.68. The van der Waals surface area contributed by atoms with E-state index in [4.69, 9.17) is 11.6 Å². The Morgan fingerprint density at radius 3 is 2.33 bits per heavy atom. The number of nitrogens with zero attached hydrogens (tertiary/aromatic N) is 1. The Labute approximate surface area is 126 Å². The number of hydrogen-bond acceptors (Lipinski definition) is 4. The summed E-state index contributed by atoms with van der Waals surface area (Å²) in [6.45, 7) is 3.31. The fraction of sp³-hybridized carbons (Fsp3) is 0.385. The zero-order chi connectivity index (χ0) is 16.2. The molecule has 0 saturated carbocycles. The molecule has 0 aliphatic rings. The number of nitrogens with one attached hydrogen (secondary N) is 1. The van der Waals surface area contributed by atoms with E-state index >= 15 is 0 Å². The lowest BCUT2D eigenvalue weighted by molar-refractivity contribution is -0.384. The largest absolute Gasteiger partial charge is 0.480 e. The van der Waals surface area contributed by atoms with Gasteiger partial charge in [-0.2, -0.15) is 0 Å². The van der Waals surface area contributed by atoms with E-state index < -0.39 is 22.3 Å². The molecule has 0 fully saturated rings. The minimum Gasteiger partial charge on any atom is -0.480 e. The van der Waals surface area contributed by atoms with Crippen molar-refractivity contribution < 1.29 is 19.6 Å². The topological polar surface area (TPSA) is 110 Å². The summed E-state index contributed by atoms with van der Waals surface area (Å²) in [5, 5.41) is 22.2. The second-order valence-corrected chi connectivity index (χ2v) is 4.88. The van der Waals surface area contributed by atoms with Crippen LogP contribution in [0, 0.1) is 10.1 Å². The molecule has 0 atom stereocenters. The van der Waals surface area contributed by atoms with E-state index in [9.17, 15) is 24.8 Å². The molecule has 0 saturated heterocycles. The fourth-order valence-electron chi connectivity index (χ4n) is 1.87. The number of rotatable bonds is 6. The minimum atomic E-state index is -1.37. The van der Waals surface area contributed by atoms with Gasteiger partial charge in [-0.1, -0.05) is 25.4 Å². The van der Waals surface area contributed by atoms with Gasteiger partial charge in [0.2, 0.25) is 0 Å². The van der Waals surface area contributed by atoms with Crippen LogP contribution in [0.3, 0.4) is 0 Å². The van der Waals surface area contributed by atoms with Gasteiger partial charge in [-0.25, -0.2) is 4.79 Å². The maximum absolute atomic E-state index is 12.1. The number of aliphatic carboxylic acids is 1. The standard InChI is InChI=1S/C13H15ClN2O5/c1-3-13(4-2,12(18)19)15-11(17)8-5-6-10(16(20)21)9(14)7-8/h5-7H,3-4H2,1-2H3,(H,15,17)(H,18,19). The monoisotopic (exact) mass is 314 g/mol. The van der Waals surface area contributed by atoms with Crippen molar-refractivity contribution >= 4 is 29.2 Å². The Kier molecular flexibility index (Phi) is 5.26. The van der Waals surface area contributed by atoms with E-state index in [-0.39, 0.29) is 29.1 Å². The first-order valence-electron chi connectivity index (χ1n) is 6.27. The quantitative estimate of drug-likeness (QED) is 0.619. The SMILES string of the molecule is CCC(CC)(NC(=O)c1ccc([N+](=O)[O-])c(Cl)c1)C(=O)O. The summed E-state index contributed by atoms with van der Waals surface area (Å²) >= 11 is 5.73. The Balaban J connectivity index is 3.07. The first-order valence-corrected chi connectivity index (χ1v) is 6.65. The fourth-order valence-corrected chi connectivity index (χ4v) is 2.12. The van der Waals surface area contributed by atoms with Crippen molar-refractivity contribution in [3.05, 3.63) is 38.9 Å². The van der Waals surface area contributed by atoms with Crippen molar-refractivity contribution in [3.63, 3.8) is 0 Å². The van der Waals surface area contributed by atoms with Gasteiger partial charge >= 0.3 is 5.97 Å². The molecule has 1 amide bonds. The maximum Gasteiger partial charge on any atom is 0.329 e. The molecule has 0 radical (unpaired) electrons. The summed E-state index contributed by atoms with van der Waals surface area (Å²) in [6.07, 6.45) is 0.427. The van der Waals surface area contributed by atoms with Crippen LogP contribution in [0.25, 0.3) is 0 Å². The van der Waals surface area contributed by atoms with Crippen LogP contribution in [0.4, 0.5) is 5.69 Å². The van der Waals surface area contributed by atoms with E-state index in [0.717, 1.165) is 12.1 Å². The molecule has 1 rings (SSSR count). The molecule has 1 aromatic rings. The van der Waals surface area contributed by atoms with Gasteiger partial charge in [0.05, 0.1) is 4.92 Å². The number of nitro groups is 1. The minimum absolute atomic E-state index is 0.0677. The third kappa shape index (κ3) is 3.49. The van der Waals surface area contributed by atoms with Gasteiger partial charge in [-0.3, -0.25) is 14.9 Å². The van der Waals surface area contributed by atoms with Gasteiger partial charge in [-0.15, -0.1) is 0 Å². The number of amides is 1. The number of carboxylic acids is 1. The molecule has 1 aromatic carbocycles. The van der Waals surface area contributed by atoms with Crippen LogP contribution in [-0.2, 0) is 4.79 Å². The summed E-state index contributed by atoms with van der Waals surface area (Å²) < 4.78 is 0. The predicted octanol–water partition coefficient (Wildman–Crippen LogP) is 2.62. The van der Waals surface area contributed by atoms with Crippen molar-refractivity contribution in [2.45, 2.75) is 32.2 Å². The number of hydrogen-bond donors (Lipinski definition) is 2. The number of halogens is 1. The molecule has 7 nitrogen and oxygen atoms in total. The normalized spacial score (nSPS) is 11.0. The van der Waals surface area contributed by atoms with Crippen LogP contribution in [-0.4, -0.2) is 27.4 Å². The molecule has 0 aliphatic carbocycles. The smallest absolute Gasteiger partial charge is 0.329 e. The van der Waals surface area contributed by atoms with Crippen LogP contribution in [0.5, 0.6) is 0 Å². The number of carboxylic acid groups (broad SMARTS) is 1. The zero-order valence-electron chi connectivity index (χ0n) is 11.6. The summed E-state index contributed by atoms with van der Waals surface area (Å²) in [6, 6.07) is 3.49. The molecule has 0 spiro atoms. The molecule has 2 N–H and O–H groups in total. The highest BCUT2D eigenvalue weighted by Gasteiger charge is 2.36. The average molecular weight is 315 g/mol. The van der Waals surface area contributed by atoms with Crippen LogP contribution in [0.1, 0.15) is 37.0 Å². The molecule has 0 aliphatic heterocycles. The zero-order valence-corrected chi connectivity index (χ0v) is 12.3. The Hall–Kier alpha value is -2.15. The summed E-state index contributed by atoms with van der Waals surface area (Å²) in [4.78, 5) is 33.4. The highest BCUT2D eigenvalue weighted by molar-refractivity contribution is 6.33. The number of nitro benzene ring substituents is 1. The van der Waals surface area contributed by atoms with Crippen molar-refractivity contribution in [1.29, 1.82) is 0 Å². The molecule has 0 unspecified atom stereocenters. The average Bonchev–Trinajstić information content (AvgIpc) is 2.43. The summed E-state index contributed by atoms with van der Waals surface area (Å²) in [5.41, 5.74) is -1.62. The van der Waals surface area contributed by atoms with Crippen LogP contribution < -0.4 is 5.32 Å². The van der Waals surface area contributed by atoms with Crippen LogP contribution in [0.15, 0.2) is 18.2 Å². The van der Waals surface area contributed by atoms with E-state index in [1.165, 1.54) is 6.07 Å². The van der Waals surface area contributed by atoms with Crippen LogP contribution >= 0.6 is 11.6 Å². The lowest BCUT2D eigenvalue weighted by atomic mass is 9.92. The predicted molar refractivity (Wildman–Crippen MR) is 76.5 cm³/mol. The molecule has 0 aromatic heterocycles. The van der Waals surface area contributed by atoms with Gasteiger partial charge in [0.25, 0.3) is 11.6 Å². The van der Waals surface area contributed by atoms with Crippen molar-refractivity contribution in [1.82, 2.24) is 5.32 Å². The summed E-state index contributed by atoms with van der Waals surface area (Å²) in [5.74, 6) is -1.77. The molecule has 8 heteroatoms. The van der Waals surface area contributed by atoms with Crippen LogP contribution in [0.2, 0.25) is 5.02 Å². The molecule has 114 valence electrons. The van der Waals surface area contributed by atoms with Gasteiger partial charge in [0, 0.05) is 11.6 Å². The van der Waals surface area contributed by atoms with Gasteiger partial charge < -0.3 is 10.4 Å². The molecule has 21 heavy (non-hydrogen) atoms. The van der Waals surface area contributed by atoms with Gasteiger partial charge in [0.15, 0.2) is 0 Å². The first kappa shape index (κ1) is 16.9. The van der Waals surface area contributed by atoms with E-state index in [2.05, 4.69) is 5.32 Å². The number of carbonyl (C=O) groups is 2. The Bertz CT molecular complexity index is 584. The van der Waals surface area contributed by atoms with E-state index in [0.29, 0.717) is 0 Å². The van der Waals surface area contributed by atoms with Crippen molar-refractivity contribution in [2.75, 3.05) is 0 Å². The first-order chi connectivity index (χ1) is 9.77. The van der Waals surface area contributed by atoms with Gasteiger partial charge in [-0.05, 0) is 25.0 Å². The number of carbonyl (C=O) groups excluding carboxylic acids is 1. The number of benzene rings is 1. The highest BCUT2D eigenvalue weighted by atomic mass is 35.5. The Morgan fingerprint density at radius 1 is 1.38 bits per heavy atom. The maximum atomic E-state index is 12.1. The highest BCUT2D eigenvalue weighted by Crippen LogP contribution is 2.25. The Morgan fingerprint density at radius 2 is 1.95 bits per heavy atom. The molecule has 0 heterocycles. The molecular weight excluding hydrogens is 300 g/mol.